The van der Waals surface area contributed by atoms with Gasteiger partial charge in [-0.05, 0) is 17.7 Å². The normalized spacial score (nSPS) is 10.7. The van der Waals surface area contributed by atoms with Gasteiger partial charge >= 0.3 is 6.01 Å². The third-order valence-electron chi connectivity index (χ3n) is 4.32. The Hall–Kier alpha value is -3.27. The number of rotatable bonds is 14. The van der Waals surface area contributed by atoms with Crippen LogP contribution >= 0.6 is 0 Å². The van der Waals surface area contributed by atoms with E-state index in [0.29, 0.717) is 63.7 Å². The largest absolute Gasteiger partial charge is 0.424 e. The molecule has 3 N–H and O–H groups in total. The van der Waals surface area contributed by atoms with Crippen molar-refractivity contribution in [1.29, 1.82) is 0 Å². The van der Waals surface area contributed by atoms with Crippen LogP contribution in [0.25, 0.3) is 0 Å². The second-order valence-electron chi connectivity index (χ2n) is 6.94. The number of benzene rings is 2. The molecule has 2 aromatic carbocycles. The van der Waals surface area contributed by atoms with Crippen LogP contribution in [-0.4, -0.2) is 61.5 Å². The zero-order valence-electron chi connectivity index (χ0n) is 18.3. The van der Waals surface area contributed by atoms with Crippen LogP contribution in [0.4, 0.5) is 11.9 Å². The number of nitrogens with two attached hydrogens (primary N) is 1. The monoisotopic (exact) mass is 438 g/mol. The van der Waals surface area contributed by atoms with Gasteiger partial charge in [0.15, 0.2) is 0 Å². The molecule has 0 aliphatic rings. The van der Waals surface area contributed by atoms with Crippen LogP contribution in [0.5, 0.6) is 11.8 Å². The zero-order valence-corrected chi connectivity index (χ0v) is 18.3. The highest BCUT2D eigenvalue weighted by Gasteiger charge is 2.12. The van der Waals surface area contributed by atoms with Gasteiger partial charge in [0, 0.05) is 26.7 Å². The highest BCUT2D eigenvalue weighted by molar-refractivity contribution is 5.39. The Morgan fingerprint density at radius 3 is 2.25 bits per heavy atom. The second kappa shape index (κ2) is 13.2. The van der Waals surface area contributed by atoms with Gasteiger partial charge in [0.2, 0.25) is 11.9 Å². The Balaban J connectivity index is 1.63. The molecule has 0 saturated carbocycles. The number of hydrogen-bond acceptors (Lipinski definition) is 9. The Labute approximate surface area is 188 Å². The SMILES string of the molecule is CN(Cc1ccccc1)c1nc(NCCOCCOCCN)nc(Oc2ccccc2)n1. The molecule has 3 rings (SSSR count). The maximum absolute atomic E-state index is 5.86. The standard InChI is InChI=1S/C23H30N6O3/c1-29(18-19-8-4-2-5-9-19)22-26-21(25-13-15-31-17-16-30-14-12-24)27-23(28-22)32-20-10-6-3-7-11-20/h2-11H,12-18,24H2,1H3,(H,25,26,27,28). The van der Waals surface area contributed by atoms with Crippen molar-refractivity contribution in [2.24, 2.45) is 5.73 Å². The summed E-state index contributed by atoms with van der Waals surface area (Å²) in [6.45, 7) is 3.75. The average Bonchev–Trinajstić information content (AvgIpc) is 2.82. The Morgan fingerprint density at radius 2 is 1.53 bits per heavy atom. The predicted octanol–water partition coefficient (Wildman–Crippen LogP) is 2.70. The molecule has 170 valence electrons. The molecule has 0 saturated heterocycles. The van der Waals surface area contributed by atoms with Gasteiger partial charge in [-0.3, -0.25) is 0 Å². The van der Waals surface area contributed by atoms with E-state index in [9.17, 15) is 0 Å². The number of para-hydroxylation sites is 1. The fourth-order valence-electron chi connectivity index (χ4n) is 2.80. The molecule has 0 bridgehead atoms. The van der Waals surface area contributed by atoms with Gasteiger partial charge in [-0.15, -0.1) is 0 Å². The fourth-order valence-corrected chi connectivity index (χ4v) is 2.80. The molecule has 1 heterocycles. The van der Waals surface area contributed by atoms with Crippen LogP contribution in [0.2, 0.25) is 0 Å². The Bertz CT molecular complexity index is 914. The van der Waals surface area contributed by atoms with Crippen LogP contribution in [0.1, 0.15) is 5.56 Å². The lowest BCUT2D eigenvalue weighted by Gasteiger charge is -2.18. The molecule has 1 aromatic heterocycles. The predicted molar refractivity (Wildman–Crippen MR) is 124 cm³/mol. The minimum atomic E-state index is 0.222. The molecule has 0 amide bonds. The molecule has 0 atom stereocenters. The van der Waals surface area contributed by atoms with Crippen molar-refractivity contribution >= 4 is 11.9 Å². The van der Waals surface area contributed by atoms with E-state index in [0.717, 1.165) is 5.56 Å². The number of ether oxygens (including phenoxy) is 3. The zero-order chi connectivity index (χ0) is 22.4. The summed E-state index contributed by atoms with van der Waals surface area (Å²) in [5.74, 6) is 1.58. The maximum atomic E-state index is 5.86. The second-order valence-corrected chi connectivity index (χ2v) is 6.94. The van der Waals surface area contributed by atoms with E-state index >= 15 is 0 Å². The quantitative estimate of drug-likeness (QED) is 0.367. The molecular formula is C23H30N6O3. The summed E-state index contributed by atoms with van der Waals surface area (Å²) < 4.78 is 16.7. The first kappa shape index (κ1) is 23.4. The van der Waals surface area contributed by atoms with Crippen LogP contribution in [0.3, 0.4) is 0 Å². The molecule has 0 fully saturated rings. The maximum Gasteiger partial charge on any atom is 0.328 e. The van der Waals surface area contributed by atoms with Crippen molar-refractivity contribution in [3.63, 3.8) is 0 Å². The minimum absolute atomic E-state index is 0.222. The van der Waals surface area contributed by atoms with E-state index < -0.39 is 0 Å². The van der Waals surface area contributed by atoms with Crippen molar-refractivity contribution < 1.29 is 14.2 Å². The summed E-state index contributed by atoms with van der Waals surface area (Å²) in [7, 11) is 1.93. The van der Waals surface area contributed by atoms with Gasteiger partial charge < -0.3 is 30.2 Å². The molecule has 3 aromatic rings. The first-order chi connectivity index (χ1) is 15.7. The van der Waals surface area contributed by atoms with Crippen molar-refractivity contribution in [2.75, 3.05) is 56.8 Å². The molecule has 9 heteroatoms. The molecule has 32 heavy (non-hydrogen) atoms. The third-order valence-corrected chi connectivity index (χ3v) is 4.32. The summed E-state index contributed by atoms with van der Waals surface area (Å²) in [6.07, 6.45) is 0. The summed E-state index contributed by atoms with van der Waals surface area (Å²) in [6, 6.07) is 19.8. The van der Waals surface area contributed by atoms with Gasteiger partial charge in [-0.2, -0.15) is 15.0 Å². The van der Waals surface area contributed by atoms with Gasteiger partial charge in [0.05, 0.1) is 26.4 Å². The van der Waals surface area contributed by atoms with Crippen molar-refractivity contribution in [3.8, 4) is 11.8 Å². The van der Waals surface area contributed by atoms with Gasteiger partial charge in [0.1, 0.15) is 5.75 Å². The fraction of sp³-hybridized carbons (Fsp3) is 0.348. The molecule has 0 aliphatic heterocycles. The highest BCUT2D eigenvalue weighted by Crippen LogP contribution is 2.21. The first-order valence-corrected chi connectivity index (χ1v) is 10.6. The first-order valence-electron chi connectivity index (χ1n) is 10.6. The lowest BCUT2D eigenvalue weighted by molar-refractivity contribution is 0.0547. The Kier molecular flexibility index (Phi) is 9.66. The smallest absolute Gasteiger partial charge is 0.328 e. The van der Waals surface area contributed by atoms with E-state index in [-0.39, 0.29) is 6.01 Å². The topological polar surface area (TPSA) is 108 Å². The van der Waals surface area contributed by atoms with E-state index in [1.54, 1.807) is 0 Å². The Morgan fingerprint density at radius 1 is 0.844 bits per heavy atom. The summed E-state index contributed by atoms with van der Waals surface area (Å²) >= 11 is 0. The van der Waals surface area contributed by atoms with E-state index in [4.69, 9.17) is 19.9 Å². The van der Waals surface area contributed by atoms with Crippen LogP contribution < -0.4 is 20.7 Å². The third kappa shape index (κ3) is 8.10. The average molecular weight is 439 g/mol. The van der Waals surface area contributed by atoms with Gasteiger partial charge in [-0.25, -0.2) is 0 Å². The summed E-state index contributed by atoms with van der Waals surface area (Å²) in [4.78, 5) is 15.4. The minimum Gasteiger partial charge on any atom is -0.424 e. The molecule has 0 unspecified atom stereocenters. The summed E-state index contributed by atoms with van der Waals surface area (Å²) in [5, 5.41) is 3.18. The molecule has 0 aliphatic carbocycles. The lowest BCUT2D eigenvalue weighted by Crippen LogP contribution is -2.21. The van der Waals surface area contributed by atoms with E-state index in [1.807, 2.05) is 60.5 Å². The molecular weight excluding hydrogens is 408 g/mol. The molecule has 9 nitrogen and oxygen atoms in total. The number of hydrogen-bond donors (Lipinski definition) is 2. The van der Waals surface area contributed by atoms with Crippen LogP contribution in [0, 0.1) is 0 Å². The van der Waals surface area contributed by atoms with E-state index in [2.05, 4.69) is 32.4 Å². The molecule has 0 spiro atoms. The van der Waals surface area contributed by atoms with Gasteiger partial charge in [0.25, 0.3) is 0 Å². The number of nitrogens with zero attached hydrogens (tertiary/aromatic N) is 4. The number of nitrogens with one attached hydrogen (secondary N) is 1. The van der Waals surface area contributed by atoms with Gasteiger partial charge in [-0.1, -0.05) is 48.5 Å². The van der Waals surface area contributed by atoms with E-state index in [1.165, 1.54) is 0 Å². The lowest BCUT2D eigenvalue weighted by atomic mass is 10.2. The number of anilines is 2. The highest BCUT2D eigenvalue weighted by atomic mass is 16.5. The van der Waals surface area contributed by atoms with Crippen molar-refractivity contribution in [2.45, 2.75) is 6.54 Å². The van der Waals surface area contributed by atoms with Crippen molar-refractivity contribution in [1.82, 2.24) is 15.0 Å². The number of aromatic nitrogens is 3. The molecule has 0 radical (unpaired) electrons. The van der Waals surface area contributed by atoms with Crippen LogP contribution in [0.15, 0.2) is 60.7 Å². The van der Waals surface area contributed by atoms with Crippen molar-refractivity contribution in [3.05, 3.63) is 66.2 Å². The summed E-state index contributed by atoms with van der Waals surface area (Å²) in [5.41, 5.74) is 6.54. The van der Waals surface area contributed by atoms with Crippen LogP contribution in [-0.2, 0) is 16.0 Å².